The summed E-state index contributed by atoms with van der Waals surface area (Å²) in [6.45, 7) is 2.04. The highest BCUT2D eigenvalue weighted by molar-refractivity contribution is 5.93. The minimum absolute atomic E-state index is 0.0138. The number of aromatic nitrogens is 1. The van der Waals surface area contributed by atoms with Crippen LogP contribution in [0.25, 0.3) is 6.08 Å². The highest BCUT2D eigenvalue weighted by Gasteiger charge is 2.17. The average Bonchev–Trinajstić information content (AvgIpc) is 2.66. The van der Waals surface area contributed by atoms with Gasteiger partial charge >= 0.3 is 0 Å². The molecule has 0 bridgehead atoms. The number of carbonyl (C=O) groups is 2. The monoisotopic (exact) mass is 336 g/mol. The summed E-state index contributed by atoms with van der Waals surface area (Å²) in [4.78, 5) is 29.8. The first-order chi connectivity index (χ1) is 12.2. The van der Waals surface area contributed by atoms with Crippen molar-refractivity contribution in [3.63, 3.8) is 0 Å². The van der Waals surface area contributed by atoms with Crippen LogP contribution < -0.4 is 15.5 Å². The fraction of sp³-hybridized carbons (Fsp3) is 0.211. The minimum atomic E-state index is -0.235. The van der Waals surface area contributed by atoms with Gasteiger partial charge in [-0.25, -0.2) is 0 Å². The standard InChI is InChI=1S/C19H20N4O2/c24-18-14-23(12-11-21-18)16-8-10-20-17(13-16)19(25)22-9-4-7-15-5-2-1-3-6-15/h1-8,10,13H,9,11-12,14H2,(H,21,24)(H,22,25). The zero-order valence-electron chi connectivity index (χ0n) is 13.8. The first-order valence-electron chi connectivity index (χ1n) is 8.20. The number of anilines is 1. The number of carbonyl (C=O) groups excluding carboxylic acids is 2. The number of nitrogens with zero attached hydrogens (tertiary/aromatic N) is 2. The second-order valence-electron chi connectivity index (χ2n) is 5.69. The van der Waals surface area contributed by atoms with E-state index < -0.39 is 0 Å². The Balaban J connectivity index is 1.58. The lowest BCUT2D eigenvalue weighted by molar-refractivity contribution is -0.120. The third-order valence-electron chi connectivity index (χ3n) is 3.87. The van der Waals surface area contributed by atoms with Crippen LogP contribution in [0.15, 0.2) is 54.7 Å². The van der Waals surface area contributed by atoms with Gasteiger partial charge in [-0.2, -0.15) is 0 Å². The third-order valence-corrected chi connectivity index (χ3v) is 3.87. The fourth-order valence-corrected chi connectivity index (χ4v) is 2.60. The molecule has 1 fully saturated rings. The van der Waals surface area contributed by atoms with E-state index in [2.05, 4.69) is 15.6 Å². The lowest BCUT2D eigenvalue weighted by atomic mass is 10.2. The number of amides is 2. The molecule has 0 aliphatic carbocycles. The lowest BCUT2D eigenvalue weighted by Crippen LogP contribution is -2.47. The molecule has 2 heterocycles. The van der Waals surface area contributed by atoms with Crippen LogP contribution in [-0.4, -0.2) is 43.0 Å². The Hall–Kier alpha value is -3.15. The number of rotatable bonds is 5. The van der Waals surface area contributed by atoms with Gasteiger partial charge in [-0.1, -0.05) is 42.5 Å². The second-order valence-corrected chi connectivity index (χ2v) is 5.69. The number of pyridine rings is 1. The van der Waals surface area contributed by atoms with Crippen molar-refractivity contribution in [2.75, 3.05) is 31.1 Å². The van der Waals surface area contributed by atoms with Crippen molar-refractivity contribution in [2.24, 2.45) is 0 Å². The smallest absolute Gasteiger partial charge is 0.270 e. The summed E-state index contributed by atoms with van der Waals surface area (Å²) in [6, 6.07) is 13.4. The number of nitrogens with one attached hydrogen (secondary N) is 2. The van der Waals surface area contributed by atoms with Crippen LogP contribution in [0.2, 0.25) is 0 Å². The Morgan fingerprint density at radius 3 is 2.92 bits per heavy atom. The van der Waals surface area contributed by atoms with Crippen LogP contribution in [0.3, 0.4) is 0 Å². The molecule has 2 amide bonds. The van der Waals surface area contributed by atoms with Gasteiger partial charge in [0.1, 0.15) is 5.69 Å². The van der Waals surface area contributed by atoms with Crippen molar-refractivity contribution >= 4 is 23.6 Å². The van der Waals surface area contributed by atoms with Crippen LogP contribution in [0.5, 0.6) is 0 Å². The number of hydrogen-bond donors (Lipinski definition) is 2. The van der Waals surface area contributed by atoms with Crippen molar-refractivity contribution in [2.45, 2.75) is 0 Å². The Kier molecular flexibility index (Phi) is 5.41. The van der Waals surface area contributed by atoms with Crippen molar-refractivity contribution in [3.8, 4) is 0 Å². The van der Waals surface area contributed by atoms with Crippen LogP contribution in [0.1, 0.15) is 16.1 Å². The van der Waals surface area contributed by atoms with Gasteiger partial charge in [-0.05, 0) is 17.7 Å². The first kappa shape index (κ1) is 16.7. The predicted octanol–water partition coefficient (Wildman–Crippen LogP) is 1.46. The molecule has 1 aromatic carbocycles. The molecule has 25 heavy (non-hydrogen) atoms. The molecule has 0 saturated carbocycles. The van der Waals surface area contributed by atoms with E-state index >= 15 is 0 Å². The summed E-state index contributed by atoms with van der Waals surface area (Å²) in [5.41, 5.74) is 2.26. The molecule has 2 aromatic rings. The molecule has 1 saturated heterocycles. The Morgan fingerprint density at radius 2 is 2.12 bits per heavy atom. The fourth-order valence-electron chi connectivity index (χ4n) is 2.60. The number of benzene rings is 1. The van der Waals surface area contributed by atoms with Gasteiger partial charge in [0, 0.05) is 31.5 Å². The zero-order chi connectivity index (χ0) is 17.5. The Bertz CT molecular complexity index is 774. The van der Waals surface area contributed by atoms with E-state index in [1.165, 1.54) is 0 Å². The molecule has 0 spiro atoms. The van der Waals surface area contributed by atoms with Gasteiger partial charge in [0.15, 0.2) is 0 Å². The summed E-state index contributed by atoms with van der Waals surface area (Å²) >= 11 is 0. The highest BCUT2D eigenvalue weighted by Crippen LogP contribution is 2.15. The largest absolute Gasteiger partial charge is 0.360 e. The van der Waals surface area contributed by atoms with Gasteiger partial charge < -0.3 is 15.5 Å². The van der Waals surface area contributed by atoms with E-state index in [-0.39, 0.29) is 11.8 Å². The lowest BCUT2D eigenvalue weighted by Gasteiger charge is -2.28. The topological polar surface area (TPSA) is 74.3 Å². The van der Waals surface area contributed by atoms with Crippen molar-refractivity contribution in [1.29, 1.82) is 0 Å². The molecule has 2 N–H and O–H groups in total. The van der Waals surface area contributed by atoms with E-state index in [0.717, 1.165) is 17.8 Å². The van der Waals surface area contributed by atoms with Crippen LogP contribution in [0, 0.1) is 0 Å². The van der Waals surface area contributed by atoms with E-state index in [4.69, 9.17) is 0 Å². The molecular weight excluding hydrogens is 316 g/mol. The average molecular weight is 336 g/mol. The molecule has 0 atom stereocenters. The maximum absolute atomic E-state index is 12.3. The predicted molar refractivity (Wildman–Crippen MR) is 97.3 cm³/mol. The van der Waals surface area contributed by atoms with E-state index in [0.29, 0.717) is 25.3 Å². The second kappa shape index (κ2) is 8.10. The molecule has 1 aromatic heterocycles. The molecule has 0 radical (unpaired) electrons. The van der Waals surface area contributed by atoms with E-state index in [1.54, 1.807) is 12.3 Å². The quantitative estimate of drug-likeness (QED) is 0.867. The van der Waals surface area contributed by atoms with Gasteiger partial charge in [-0.15, -0.1) is 0 Å². The molecular formula is C19H20N4O2. The van der Waals surface area contributed by atoms with Gasteiger partial charge in [0.05, 0.1) is 6.54 Å². The van der Waals surface area contributed by atoms with Crippen LogP contribution >= 0.6 is 0 Å². The SMILES string of the molecule is O=C1CN(c2ccnc(C(=O)NCC=Cc3ccccc3)c2)CCN1. The molecule has 6 heteroatoms. The number of piperazine rings is 1. The number of hydrogen-bond acceptors (Lipinski definition) is 4. The molecule has 1 aliphatic heterocycles. The minimum Gasteiger partial charge on any atom is -0.360 e. The summed E-state index contributed by atoms with van der Waals surface area (Å²) < 4.78 is 0. The van der Waals surface area contributed by atoms with Gasteiger partial charge in [-0.3, -0.25) is 14.6 Å². The highest BCUT2D eigenvalue weighted by atomic mass is 16.2. The Morgan fingerprint density at radius 1 is 1.28 bits per heavy atom. The molecule has 128 valence electrons. The summed E-state index contributed by atoms with van der Waals surface area (Å²) in [7, 11) is 0. The van der Waals surface area contributed by atoms with E-state index in [1.807, 2.05) is 53.5 Å². The van der Waals surface area contributed by atoms with Crippen molar-refractivity contribution in [3.05, 3.63) is 66.0 Å². The summed E-state index contributed by atoms with van der Waals surface area (Å²) in [6.07, 6.45) is 5.44. The summed E-state index contributed by atoms with van der Waals surface area (Å²) in [5.74, 6) is -0.249. The summed E-state index contributed by atoms with van der Waals surface area (Å²) in [5, 5.41) is 5.61. The van der Waals surface area contributed by atoms with Crippen LogP contribution in [-0.2, 0) is 4.79 Å². The first-order valence-corrected chi connectivity index (χ1v) is 8.20. The normalized spacial score (nSPS) is 14.4. The van der Waals surface area contributed by atoms with Crippen LogP contribution in [0.4, 0.5) is 5.69 Å². The molecule has 6 nitrogen and oxygen atoms in total. The van der Waals surface area contributed by atoms with E-state index in [9.17, 15) is 9.59 Å². The maximum atomic E-state index is 12.3. The molecule has 1 aliphatic rings. The third kappa shape index (κ3) is 4.67. The van der Waals surface area contributed by atoms with Crippen molar-refractivity contribution in [1.82, 2.24) is 15.6 Å². The van der Waals surface area contributed by atoms with Crippen molar-refractivity contribution < 1.29 is 9.59 Å². The molecule has 0 unspecified atom stereocenters. The zero-order valence-corrected chi connectivity index (χ0v) is 13.8. The van der Waals surface area contributed by atoms with Gasteiger partial charge in [0.25, 0.3) is 5.91 Å². The maximum Gasteiger partial charge on any atom is 0.270 e. The molecule has 3 rings (SSSR count). The van der Waals surface area contributed by atoms with Gasteiger partial charge in [0.2, 0.25) is 5.91 Å². The Labute approximate surface area is 146 Å².